The van der Waals surface area contributed by atoms with Crippen molar-refractivity contribution in [1.29, 1.82) is 0 Å². The Kier molecular flexibility index (Phi) is 9.77. The topological polar surface area (TPSA) is 72.9 Å². The fourth-order valence-electron chi connectivity index (χ4n) is 3.00. The lowest BCUT2D eigenvalue weighted by atomic mass is 10.1. The Morgan fingerprint density at radius 2 is 1.75 bits per heavy atom. The van der Waals surface area contributed by atoms with E-state index in [1.165, 1.54) is 22.3 Å². The fourth-order valence-corrected chi connectivity index (χ4v) is 3.83. The number of amides is 1. The average molecular weight is 468 g/mol. The van der Waals surface area contributed by atoms with Crippen LogP contribution in [0.25, 0.3) is 0 Å². The summed E-state index contributed by atoms with van der Waals surface area (Å²) in [5.74, 6) is -0.335. The van der Waals surface area contributed by atoms with Gasteiger partial charge in [-0.3, -0.25) is 14.4 Å². The minimum Gasteiger partial charge on any atom is -0.490 e. The van der Waals surface area contributed by atoms with Gasteiger partial charge < -0.3 is 14.4 Å². The lowest BCUT2D eigenvalue weighted by Gasteiger charge is -2.19. The first-order valence-electron chi connectivity index (χ1n) is 10.3. The fraction of sp³-hybridized carbons (Fsp3) is 0.435. The van der Waals surface area contributed by atoms with E-state index in [0.717, 1.165) is 4.88 Å². The van der Waals surface area contributed by atoms with Gasteiger partial charge in [-0.25, -0.2) is 0 Å². The van der Waals surface area contributed by atoms with E-state index >= 15 is 0 Å². The van der Waals surface area contributed by atoms with Crippen LogP contribution in [0.1, 0.15) is 52.7 Å². The molecule has 1 heterocycles. The Labute approximate surface area is 190 Å². The molecule has 0 spiro atoms. The van der Waals surface area contributed by atoms with E-state index in [9.17, 15) is 23.2 Å². The molecule has 0 aliphatic heterocycles. The average Bonchev–Trinajstić information content (AvgIpc) is 3.18. The zero-order valence-electron chi connectivity index (χ0n) is 18.4. The maximum atomic E-state index is 12.5. The van der Waals surface area contributed by atoms with Gasteiger partial charge in [0.2, 0.25) is 5.91 Å². The number of hydrogen-bond acceptors (Lipinski definition) is 6. The van der Waals surface area contributed by atoms with Crippen LogP contribution in [0.4, 0.5) is 8.78 Å². The summed E-state index contributed by atoms with van der Waals surface area (Å²) in [6.07, 6.45) is 0.337. The first kappa shape index (κ1) is 25.5. The number of hydrogen-bond donors (Lipinski definition) is 0. The van der Waals surface area contributed by atoms with E-state index in [2.05, 4.69) is 4.74 Å². The van der Waals surface area contributed by atoms with Gasteiger partial charge in [-0.2, -0.15) is 8.78 Å². The molecule has 0 aliphatic carbocycles. The number of carbonyl (C=O) groups is 3. The maximum absolute atomic E-state index is 12.5. The van der Waals surface area contributed by atoms with Gasteiger partial charge in [-0.1, -0.05) is 6.07 Å². The van der Waals surface area contributed by atoms with Crippen LogP contribution in [-0.4, -0.2) is 42.6 Å². The Balaban J connectivity index is 1.82. The molecule has 9 heteroatoms. The molecule has 0 saturated carbocycles. The number of nitrogens with zero attached hydrogens (tertiary/aromatic N) is 1. The number of benzene rings is 1. The highest BCUT2D eigenvalue weighted by molar-refractivity contribution is 7.14. The third-order valence-electron chi connectivity index (χ3n) is 4.63. The van der Waals surface area contributed by atoms with E-state index in [1.54, 1.807) is 32.2 Å². The first-order valence-corrected chi connectivity index (χ1v) is 11.1. The van der Waals surface area contributed by atoms with Crippen molar-refractivity contribution in [2.45, 2.75) is 52.7 Å². The largest absolute Gasteiger partial charge is 0.490 e. The molecule has 0 aliphatic rings. The van der Waals surface area contributed by atoms with E-state index in [1.807, 2.05) is 13.0 Å². The second-order valence-electron chi connectivity index (χ2n) is 7.21. The van der Waals surface area contributed by atoms with E-state index in [0.29, 0.717) is 10.4 Å². The van der Waals surface area contributed by atoms with Gasteiger partial charge in [0.25, 0.3) is 0 Å². The molecule has 0 radical (unpaired) electrons. The molecule has 174 valence electrons. The second-order valence-corrected chi connectivity index (χ2v) is 8.50. The summed E-state index contributed by atoms with van der Waals surface area (Å²) in [7, 11) is 1.60. The number of rotatable bonds is 13. The Morgan fingerprint density at radius 1 is 1.03 bits per heavy atom. The van der Waals surface area contributed by atoms with Crippen LogP contribution in [0.5, 0.6) is 11.5 Å². The molecule has 2 aromatic rings. The predicted octanol–water partition coefficient (Wildman–Crippen LogP) is 5.03. The number of halogens is 2. The third-order valence-corrected chi connectivity index (χ3v) is 5.68. The molecule has 1 aromatic heterocycles. The first-order chi connectivity index (χ1) is 15.2. The number of Topliss-reactive ketones (excluding diaryl/α,β-unsaturated/α-hetero) is 2. The van der Waals surface area contributed by atoms with E-state index < -0.39 is 6.61 Å². The molecule has 32 heavy (non-hydrogen) atoms. The summed E-state index contributed by atoms with van der Waals surface area (Å²) in [5, 5.41) is 0. The highest BCUT2D eigenvalue weighted by atomic mass is 32.1. The number of carbonyl (C=O) groups excluding carboxylic acids is 3. The Hall–Kier alpha value is -2.81. The lowest BCUT2D eigenvalue weighted by molar-refractivity contribution is -0.132. The standard InChI is InChI=1S/C23H27F2NO5S/c1-4-30-20-13-16(6-10-19(20)31-23(24)25)14-26(3)22(29)12-8-17(27)7-9-18(28)21-11-5-15(2)32-21/h5-6,10-11,13,23H,4,7-9,12,14H2,1-3H3. The zero-order valence-corrected chi connectivity index (χ0v) is 19.2. The summed E-state index contributed by atoms with van der Waals surface area (Å²) in [6, 6.07) is 8.13. The SMILES string of the molecule is CCOc1cc(CN(C)C(=O)CCC(=O)CCC(=O)c2ccc(C)s2)ccc1OC(F)F. The third kappa shape index (κ3) is 8.03. The molecule has 0 N–H and O–H groups in total. The summed E-state index contributed by atoms with van der Waals surface area (Å²) in [4.78, 5) is 39.7. The van der Waals surface area contributed by atoms with Crippen LogP contribution in [0.3, 0.4) is 0 Å². The summed E-state index contributed by atoms with van der Waals surface area (Å²) < 4.78 is 34.8. The molecule has 0 unspecified atom stereocenters. The van der Waals surface area contributed by atoms with Crippen molar-refractivity contribution in [1.82, 2.24) is 4.90 Å². The molecular weight excluding hydrogens is 440 g/mol. The van der Waals surface area contributed by atoms with Crippen molar-refractivity contribution in [2.75, 3.05) is 13.7 Å². The summed E-state index contributed by atoms with van der Waals surface area (Å²) in [5.41, 5.74) is 0.675. The molecule has 0 atom stereocenters. The minimum atomic E-state index is -2.97. The highest BCUT2D eigenvalue weighted by Gasteiger charge is 2.16. The number of thiophene rings is 1. The number of alkyl halides is 2. The highest BCUT2D eigenvalue weighted by Crippen LogP contribution is 2.30. The molecular formula is C23H27F2NO5S. The van der Waals surface area contributed by atoms with Crippen LogP contribution in [-0.2, 0) is 16.1 Å². The molecule has 1 amide bonds. The maximum Gasteiger partial charge on any atom is 0.387 e. The molecule has 0 bridgehead atoms. The van der Waals surface area contributed by atoms with Crippen molar-refractivity contribution in [3.8, 4) is 11.5 Å². The van der Waals surface area contributed by atoms with Gasteiger partial charge in [0.15, 0.2) is 17.3 Å². The van der Waals surface area contributed by atoms with Gasteiger partial charge in [0.1, 0.15) is 5.78 Å². The van der Waals surface area contributed by atoms with Crippen molar-refractivity contribution >= 4 is 28.8 Å². The molecule has 0 fully saturated rings. The number of ketones is 2. The molecule has 6 nitrogen and oxygen atoms in total. The Morgan fingerprint density at radius 3 is 2.38 bits per heavy atom. The van der Waals surface area contributed by atoms with Gasteiger partial charge in [0.05, 0.1) is 11.5 Å². The summed E-state index contributed by atoms with van der Waals surface area (Å²) in [6.45, 7) is 1.16. The molecule has 0 saturated heterocycles. The normalized spacial score (nSPS) is 10.8. The summed E-state index contributed by atoms with van der Waals surface area (Å²) >= 11 is 1.40. The van der Waals surface area contributed by atoms with Crippen LogP contribution in [0, 0.1) is 6.92 Å². The van der Waals surface area contributed by atoms with E-state index in [-0.39, 0.29) is 67.8 Å². The van der Waals surface area contributed by atoms with Crippen molar-refractivity contribution < 1.29 is 32.6 Å². The predicted molar refractivity (Wildman–Crippen MR) is 118 cm³/mol. The number of aryl methyl sites for hydroxylation is 1. The van der Waals surface area contributed by atoms with Gasteiger partial charge in [0, 0.05) is 44.2 Å². The van der Waals surface area contributed by atoms with Gasteiger partial charge >= 0.3 is 6.61 Å². The monoisotopic (exact) mass is 467 g/mol. The number of ether oxygens (including phenoxy) is 2. The van der Waals surface area contributed by atoms with E-state index in [4.69, 9.17) is 4.74 Å². The van der Waals surface area contributed by atoms with Gasteiger partial charge in [-0.05, 0) is 43.7 Å². The Bertz CT molecular complexity index is 944. The van der Waals surface area contributed by atoms with Crippen molar-refractivity contribution in [2.24, 2.45) is 0 Å². The van der Waals surface area contributed by atoms with Crippen LogP contribution < -0.4 is 9.47 Å². The van der Waals surface area contributed by atoms with Crippen LogP contribution in [0.2, 0.25) is 0 Å². The minimum absolute atomic E-state index is 0.0343. The van der Waals surface area contributed by atoms with Crippen LogP contribution in [0.15, 0.2) is 30.3 Å². The van der Waals surface area contributed by atoms with Crippen LogP contribution >= 0.6 is 11.3 Å². The second kappa shape index (κ2) is 12.3. The molecule has 1 aromatic carbocycles. The lowest BCUT2D eigenvalue weighted by Crippen LogP contribution is -2.26. The zero-order chi connectivity index (χ0) is 23.7. The van der Waals surface area contributed by atoms with Crippen molar-refractivity contribution in [3.05, 3.63) is 45.6 Å². The molecule has 2 rings (SSSR count). The smallest absolute Gasteiger partial charge is 0.387 e. The van der Waals surface area contributed by atoms with Gasteiger partial charge in [-0.15, -0.1) is 11.3 Å². The van der Waals surface area contributed by atoms with Crippen molar-refractivity contribution in [3.63, 3.8) is 0 Å². The quantitative estimate of drug-likeness (QED) is 0.387.